The smallest absolute Gasteiger partial charge is 0.254 e. The molecule has 0 bridgehead atoms. The van der Waals surface area contributed by atoms with Crippen LogP contribution in [-0.2, 0) is 6.54 Å². The summed E-state index contributed by atoms with van der Waals surface area (Å²) in [7, 11) is 0. The summed E-state index contributed by atoms with van der Waals surface area (Å²) in [4.78, 5) is 14.5. The number of hydrogen-bond donors (Lipinski definition) is 1. The van der Waals surface area contributed by atoms with Gasteiger partial charge in [0.25, 0.3) is 5.91 Å². The van der Waals surface area contributed by atoms with Gasteiger partial charge in [0.1, 0.15) is 0 Å². The summed E-state index contributed by atoms with van der Waals surface area (Å²) in [6, 6.07) is 13.7. The van der Waals surface area contributed by atoms with Gasteiger partial charge >= 0.3 is 0 Å². The predicted octanol–water partition coefficient (Wildman–Crippen LogP) is 3.55. The van der Waals surface area contributed by atoms with Crippen molar-refractivity contribution >= 4 is 11.6 Å². The maximum atomic E-state index is 12.6. The number of anilines is 1. The molecule has 3 heteroatoms. The molecular weight excluding hydrogens is 260 g/mol. The van der Waals surface area contributed by atoms with Gasteiger partial charge in [-0.1, -0.05) is 29.8 Å². The molecule has 3 nitrogen and oxygen atoms in total. The fraction of sp³-hybridized carbons (Fsp3) is 0.278. The second-order valence-electron chi connectivity index (χ2n) is 5.38. The molecule has 0 aliphatic carbocycles. The van der Waals surface area contributed by atoms with Gasteiger partial charge in [0, 0.05) is 24.3 Å². The SMILES string of the molecule is CCN(Cc1cccc(C)c1)C(=O)c1ccc(N)c(C)c1. The zero-order valence-electron chi connectivity index (χ0n) is 12.9. The molecule has 2 aromatic carbocycles. The van der Waals surface area contributed by atoms with E-state index in [4.69, 9.17) is 5.73 Å². The molecule has 0 atom stereocenters. The van der Waals surface area contributed by atoms with Gasteiger partial charge < -0.3 is 10.6 Å². The second kappa shape index (κ2) is 6.44. The van der Waals surface area contributed by atoms with Crippen LogP contribution in [0.2, 0.25) is 0 Å². The van der Waals surface area contributed by atoms with Gasteiger partial charge in [-0.25, -0.2) is 0 Å². The summed E-state index contributed by atoms with van der Waals surface area (Å²) in [5.74, 6) is 0.0436. The number of aryl methyl sites for hydroxylation is 2. The van der Waals surface area contributed by atoms with Crippen LogP contribution >= 0.6 is 0 Å². The van der Waals surface area contributed by atoms with Crippen molar-refractivity contribution in [2.45, 2.75) is 27.3 Å². The number of nitrogen functional groups attached to an aromatic ring is 1. The number of nitrogens with two attached hydrogens (primary N) is 1. The summed E-state index contributed by atoms with van der Waals surface area (Å²) >= 11 is 0. The summed E-state index contributed by atoms with van der Waals surface area (Å²) < 4.78 is 0. The summed E-state index contributed by atoms with van der Waals surface area (Å²) in [6.07, 6.45) is 0. The van der Waals surface area contributed by atoms with Gasteiger partial charge in [-0.05, 0) is 50.1 Å². The third-order valence-corrected chi connectivity index (χ3v) is 3.64. The largest absolute Gasteiger partial charge is 0.399 e. The van der Waals surface area contributed by atoms with Crippen molar-refractivity contribution in [3.63, 3.8) is 0 Å². The van der Waals surface area contributed by atoms with Crippen molar-refractivity contribution in [1.82, 2.24) is 4.90 Å². The number of hydrogen-bond acceptors (Lipinski definition) is 2. The first-order chi connectivity index (χ1) is 10.0. The van der Waals surface area contributed by atoms with Crippen molar-refractivity contribution in [1.29, 1.82) is 0 Å². The Balaban J connectivity index is 2.20. The molecule has 0 saturated heterocycles. The molecule has 0 spiro atoms. The van der Waals surface area contributed by atoms with Crippen LogP contribution < -0.4 is 5.73 Å². The van der Waals surface area contributed by atoms with Gasteiger partial charge in [-0.15, -0.1) is 0 Å². The van der Waals surface area contributed by atoms with E-state index in [1.165, 1.54) is 5.56 Å². The zero-order chi connectivity index (χ0) is 15.4. The topological polar surface area (TPSA) is 46.3 Å². The van der Waals surface area contributed by atoms with Crippen LogP contribution in [0.15, 0.2) is 42.5 Å². The van der Waals surface area contributed by atoms with E-state index in [2.05, 4.69) is 25.1 Å². The highest BCUT2D eigenvalue weighted by molar-refractivity contribution is 5.94. The van der Waals surface area contributed by atoms with Crippen LogP contribution in [0.25, 0.3) is 0 Å². The molecule has 0 aliphatic rings. The lowest BCUT2D eigenvalue weighted by Gasteiger charge is -2.21. The maximum Gasteiger partial charge on any atom is 0.254 e. The standard InChI is InChI=1S/C18H22N2O/c1-4-20(12-15-7-5-6-13(2)10-15)18(21)16-8-9-17(19)14(3)11-16/h5-11H,4,12,19H2,1-3H3. The lowest BCUT2D eigenvalue weighted by molar-refractivity contribution is 0.0752. The average molecular weight is 282 g/mol. The monoisotopic (exact) mass is 282 g/mol. The van der Waals surface area contributed by atoms with Crippen LogP contribution in [0.5, 0.6) is 0 Å². The molecule has 0 aliphatic heterocycles. The first-order valence-electron chi connectivity index (χ1n) is 7.22. The normalized spacial score (nSPS) is 10.4. The van der Waals surface area contributed by atoms with E-state index >= 15 is 0 Å². The lowest BCUT2D eigenvalue weighted by atomic mass is 10.1. The summed E-state index contributed by atoms with van der Waals surface area (Å²) in [5.41, 5.74) is 10.5. The predicted molar refractivity (Wildman–Crippen MR) is 87.2 cm³/mol. The minimum absolute atomic E-state index is 0.0436. The molecule has 0 saturated carbocycles. The van der Waals surface area contributed by atoms with E-state index in [1.54, 1.807) is 12.1 Å². The number of benzene rings is 2. The first kappa shape index (κ1) is 15.1. The van der Waals surface area contributed by atoms with Crippen molar-refractivity contribution in [3.8, 4) is 0 Å². The molecule has 0 unspecified atom stereocenters. The number of carbonyl (C=O) groups is 1. The van der Waals surface area contributed by atoms with Gasteiger partial charge in [0.15, 0.2) is 0 Å². The van der Waals surface area contributed by atoms with E-state index in [0.717, 1.165) is 11.1 Å². The Bertz CT molecular complexity index is 649. The highest BCUT2D eigenvalue weighted by atomic mass is 16.2. The van der Waals surface area contributed by atoms with E-state index < -0.39 is 0 Å². The fourth-order valence-electron chi connectivity index (χ4n) is 2.35. The minimum atomic E-state index is 0.0436. The van der Waals surface area contributed by atoms with Crippen molar-refractivity contribution in [2.75, 3.05) is 12.3 Å². The Morgan fingerprint density at radius 1 is 1.14 bits per heavy atom. The van der Waals surface area contributed by atoms with Crippen LogP contribution in [0.4, 0.5) is 5.69 Å². The molecule has 2 N–H and O–H groups in total. The third kappa shape index (κ3) is 3.63. The average Bonchev–Trinajstić information content (AvgIpc) is 2.47. The third-order valence-electron chi connectivity index (χ3n) is 3.64. The minimum Gasteiger partial charge on any atom is -0.399 e. The Hall–Kier alpha value is -2.29. The van der Waals surface area contributed by atoms with E-state index in [1.807, 2.05) is 30.9 Å². The zero-order valence-corrected chi connectivity index (χ0v) is 12.9. The van der Waals surface area contributed by atoms with E-state index in [9.17, 15) is 4.79 Å². The molecule has 1 amide bonds. The molecule has 0 heterocycles. The molecule has 2 aromatic rings. The molecule has 2 rings (SSSR count). The number of nitrogens with zero attached hydrogens (tertiary/aromatic N) is 1. The van der Waals surface area contributed by atoms with Gasteiger partial charge in [-0.2, -0.15) is 0 Å². The molecule has 0 radical (unpaired) electrons. The summed E-state index contributed by atoms with van der Waals surface area (Å²) in [6.45, 7) is 7.28. The Kier molecular flexibility index (Phi) is 4.63. The number of carbonyl (C=O) groups excluding carboxylic acids is 1. The number of amides is 1. The molecule has 0 fully saturated rings. The first-order valence-corrected chi connectivity index (χ1v) is 7.22. The molecule has 0 aromatic heterocycles. The molecule has 110 valence electrons. The van der Waals surface area contributed by atoms with Crippen molar-refractivity contribution in [2.24, 2.45) is 0 Å². The van der Waals surface area contributed by atoms with E-state index in [0.29, 0.717) is 24.3 Å². The highest BCUT2D eigenvalue weighted by Crippen LogP contribution is 2.16. The maximum absolute atomic E-state index is 12.6. The Labute approximate surface area is 126 Å². The second-order valence-corrected chi connectivity index (χ2v) is 5.38. The van der Waals surface area contributed by atoms with Gasteiger partial charge in [-0.3, -0.25) is 4.79 Å². The van der Waals surface area contributed by atoms with Gasteiger partial charge in [0.05, 0.1) is 0 Å². The van der Waals surface area contributed by atoms with Crippen LogP contribution in [0.1, 0.15) is 34.0 Å². The van der Waals surface area contributed by atoms with Crippen molar-refractivity contribution in [3.05, 3.63) is 64.7 Å². The lowest BCUT2D eigenvalue weighted by Crippen LogP contribution is -2.30. The molecule has 21 heavy (non-hydrogen) atoms. The van der Waals surface area contributed by atoms with E-state index in [-0.39, 0.29) is 5.91 Å². The Morgan fingerprint density at radius 3 is 2.52 bits per heavy atom. The number of rotatable bonds is 4. The van der Waals surface area contributed by atoms with Gasteiger partial charge in [0.2, 0.25) is 0 Å². The van der Waals surface area contributed by atoms with Crippen LogP contribution in [-0.4, -0.2) is 17.4 Å². The van der Waals surface area contributed by atoms with Crippen molar-refractivity contribution < 1.29 is 4.79 Å². The van der Waals surface area contributed by atoms with Crippen LogP contribution in [0, 0.1) is 13.8 Å². The van der Waals surface area contributed by atoms with Crippen LogP contribution in [0.3, 0.4) is 0 Å². The quantitative estimate of drug-likeness (QED) is 0.872. The summed E-state index contributed by atoms with van der Waals surface area (Å²) in [5, 5.41) is 0. The highest BCUT2D eigenvalue weighted by Gasteiger charge is 2.15. The Morgan fingerprint density at radius 2 is 1.90 bits per heavy atom. The molecular formula is C18H22N2O. The fourth-order valence-corrected chi connectivity index (χ4v) is 2.35.